The average Bonchev–Trinajstić information content (AvgIpc) is 2.39. The van der Waals surface area contributed by atoms with Crippen LogP contribution in [0, 0.1) is 11.3 Å². The predicted octanol–water partition coefficient (Wildman–Crippen LogP) is 2.89. The first kappa shape index (κ1) is 12.4. The van der Waals surface area contributed by atoms with Crippen LogP contribution in [0.3, 0.4) is 0 Å². The number of halogens is 1. The molecule has 5 heteroatoms. The van der Waals surface area contributed by atoms with Crippen molar-refractivity contribution in [2.45, 2.75) is 6.61 Å². The molecule has 4 nitrogen and oxygen atoms in total. The number of hydrogen-bond donors (Lipinski definition) is 1. The fraction of sp³-hybridized carbons (Fsp3) is 0.0769. The van der Waals surface area contributed by atoms with Gasteiger partial charge >= 0.3 is 0 Å². The van der Waals surface area contributed by atoms with Gasteiger partial charge in [0.2, 0.25) is 5.88 Å². The average molecular weight is 261 g/mol. The fourth-order valence-electron chi connectivity index (χ4n) is 1.37. The largest absolute Gasteiger partial charge is 0.439 e. The van der Waals surface area contributed by atoms with Crippen molar-refractivity contribution in [2.24, 2.45) is 0 Å². The summed E-state index contributed by atoms with van der Waals surface area (Å²) in [7, 11) is 0. The van der Waals surface area contributed by atoms with Gasteiger partial charge in [0, 0.05) is 6.07 Å². The van der Waals surface area contributed by atoms with E-state index in [1.807, 2.05) is 6.07 Å². The van der Waals surface area contributed by atoms with Crippen molar-refractivity contribution in [3.63, 3.8) is 0 Å². The van der Waals surface area contributed by atoms with Gasteiger partial charge < -0.3 is 9.84 Å². The second kappa shape index (κ2) is 5.50. The molecule has 2 rings (SSSR count). The lowest BCUT2D eigenvalue weighted by molar-refractivity contribution is 0.281. The summed E-state index contributed by atoms with van der Waals surface area (Å²) >= 11 is 5.77. The SMILES string of the molecule is N#Cc1cc(Cl)nc(Oc2ccc(CO)cc2)c1. The van der Waals surface area contributed by atoms with Gasteiger partial charge in [-0.1, -0.05) is 23.7 Å². The lowest BCUT2D eigenvalue weighted by Crippen LogP contribution is -1.90. The number of aliphatic hydroxyl groups is 1. The number of rotatable bonds is 3. The molecule has 1 aromatic heterocycles. The molecular formula is C13H9ClN2O2. The van der Waals surface area contributed by atoms with E-state index in [9.17, 15) is 0 Å². The zero-order valence-corrected chi connectivity index (χ0v) is 10.1. The van der Waals surface area contributed by atoms with Crippen LogP contribution in [0.4, 0.5) is 0 Å². The molecule has 0 atom stereocenters. The Morgan fingerprint density at radius 2 is 2.00 bits per heavy atom. The van der Waals surface area contributed by atoms with Crippen LogP contribution < -0.4 is 4.74 Å². The van der Waals surface area contributed by atoms with Gasteiger partial charge in [-0.3, -0.25) is 0 Å². The molecule has 0 fully saturated rings. The molecule has 0 bridgehead atoms. The maximum absolute atomic E-state index is 8.92. The molecule has 0 saturated carbocycles. The summed E-state index contributed by atoms with van der Waals surface area (Å²) in [5.41, 5.74) is 1.18. The Morgan fingerprint density at radius 1 is 1.28 bits per heavy atom. The number of hydrogen-bond acceptors (Lipinski definition) is 4. The molecule has 1 N–H and O–H groups in total. The van der Waals surface area contributed by atoms with Crippen LogP contribution in [0.15, 0.2) is 36.4 Å². The third kappa shape index (κ3) is 2.98. The highest BCUT2D eigenvalue weighted by Crippen LogP contribution is 2.22. The van der Waals surface area contributed by atoms with E-state index in [0.717, 1.165) is 5.56 Å². The molecule has 0 unspecified atom stereocenters. The maximum Gasteiger partial charge on any atom is 0.221 e. The van der Waals surface area contributed by atoms with Gasteiger partial charge in [0.1, 0.15) is 10.9 Å². The molecule has 1 heterocycles. The summed E-state index contributed by atoms with van der Waals surface area (Å²) in [4.78, 5) is 3.96. The van der Waals surface area contributed by atoms with E-state index >= 15 is 0 Å². The first-order chi connectivity index (χ1) is 8.71. The second-order valence-corrected chi connectivity index (χ2v) is 3.92. The van der Waals surface area contributed by atoms with E-state index < -0.39 is 0 Å². The lowest BCUT2D eigenvalue weighted by atomic mass is 10.2. The summed E-state index contributed by atoms with van der Waals surface area (Å²) in [6, 6.07) is 11.8. The third-order valence-electron chi connectivity index (χ3n) is 2.23. The molecular weight excluding hydrogens is 252 g/mol. The number of ether oxygens (including phenoxy) is 1. The number of aromatic nitrogens is 1. The van der Waals surface area contributed by atoms with Crippen LogP contribution >= 0.6 is 11.6 Å². The summed E-state index contributed by atoms with van der Waals surface area (Å²) in [6.07, 6.45) is 0. The molecule has 0 spiro atoms. The second-order valence-electron chi connectivity index (χ2n) is 3.53. The number of pyridine rings is 1. The zero-order chi connectivity index (χ0) is 13.0. The van der Waals surface area contributed by atoms with Gasteiger partial charge in [-0.05, 0) is 23.8 Å². The van der Waals surface area contributed by atoms with Crippen LogP contribution in [0.2, 0.25) is 5.15 Å². The third-order valence-corrected chi connectivity index (χ3v) is 2.42. The maximum atomic E-state index is 8.92. The summed E-state index contributed by atoms with van der Waals surface area (Å²) in [5.74, 6) is 0.821. The van der Waals surface area contributed by atoms with Crippen LogP contribution in [0.25, 0.3) is 0 Å². The van der Waals surface area contributed by atoms with Crippen LogP contribution in [0.1, 0.15) is 11.1 Å². The monoisotopic (exact) mass is 260 g/mol. The van der Waals surface area contributed by atoms with Gasteiger partial charge in [0.05, 0.1) is 18.2 Å². The van der Waals surface area contributed by atoms with E-state index in [4.69, 9.17) is 26.7 Å². The van der Waals surface area contributed by atoms with Crippen molar-refractivity contribution in [1.82, 2.24) is 4.98 Å². The molecule has 0 aliphatic heterocycles. The van der Waals surface area contributed by atoms with Gasteiger partial charge in [0.25, 0.3) is 0 Å². The molecule has 0 radical (unpaired) electrons. The van der Waals surface area contributed by atoms with Crippen molar-refractivity contribution in [3.8, 4) is 17.7 Å². The van der Waals surface area contributed by atoms with Crippen molar-refractivity contribution >= 4 is 11.6 Å². The van der Waals surface area contributed by atoms with Gasteiger partial charge in [-0.2, -0.15) is 5.26 Å². The standard InChI is InChI=1S/C13H9ClN2O2/c14-12-5-10(7-15)6-13(16-12)18-11-3-1-9(8-17)2-4-11/h1-6,17H,8H2. The van der Waals surface area contributed by atoms with E-state index in [1.165, 1.54) is 12.1 Å². The van der Waals surface area contributed by atoms with Gasteiger partial charge in [-0.15, -0.1) is 0 Å². The topological polar surface area (TPSA) is 66.1 Å². The summed E-state index contributed by atoms with van der Waals surface area (Å²) in [6.45, 7) is -0.0196. The molecule has 0 saturated heterocycles. The highest BCUT2D eigenvalue weighted by Gasteiger charge is 2.03. The van der Waals surface area contributed by atoms with E-state index in [2.05, 4.69) is 4.98 Å². The Morgan fingerprint density at radius 3 is 2.61 bits per heavy atom. The smallest absolute Gasteiger partial charge is 0.221 e. The quantitative estimate of drug-likeness (QED) is 0.862. The Bertz CT molecular complexity index is 591. The minimum absolute atomic E-state index is 0.0196. The minimum atomic E-state index is -0.0196. The number of benzene rings is 1. The Balaban J connectivity index is 2.22. The first-order valence-electron chi connectivity index (χ1n) is 5.16. The summed E-state index contributed by atoms with van der Waals surface area (Å²) < 4.78 is 5.47. The molecule has 90 valence electrons. The normalized spacial score (nSPS) is 9.83. The molecule has 18 heavy (non-hydrogen) atoms. The predicted molar refractivity (Wildman–Crippen MR) is 66.4 cm³/mol. The zero-order valence-electron chi connectivity index (χ0n) is 9.30. The van der Waals surface area contributed by atoms with Gasteiger partial charge in [0.15, 0.2) is 0 Å². The molecule has 0 aliphatic rings. The molecule has 2 aromatic rings. The Kier molecular flexibility index (Phi) is 3.78. The summed E-state index contributed by atoms with van der Waals surface area (Å²) in [5, 5.41) is 17.9. The molecule has 0 aliphatic carbocycles. The van der Waals surface area contributed by atoms with Crippen molar-refractivity contribution in [2.75, 3.05) is 0 Å². The van der Waals surface area contributed by atoms with Crippen molar-refractivity contribution in [3.05, 3.63) is 52.7 Å². The van der Waals surface area contributed by atoms with Crippen molar-refractivity contribution in [1.29, 1.82) is 5.26 Å². The van der Waals surface area contributed by atoms with Crippen LogP contribution in [0.5, 0.6) is 11.6 Å². The number of nitrogens with zero attached hydrogens (tertiary/aromatic N) is 2. The lowest BCUT2D eigenvalue weighted by Gasteiger charge is -2.05. The highest BCUT2D eigenvalue weighted by atomic mass is 35.5. The molecule has 1 aromatic carbocycles. The molecule has 0 amide bonds. The minimum Gasteiger partial charge on any atom is -0.439 e. The highest BCUT2D eigenvalue weighted by molar-refractivity contribution is 6.29. The fourth-order valence-corrected chi connectivity index (χ4v) is 1.57. The number of aliphatic hydroxyl groups excluding tert-OH is 1. The Labute approximate surface area is 109 Å². The van der Waals surface area contributed by atoms with Gasteiger partial charge in [-0.25, -0.2) is 4.98 Å². The van der Waals surface area contributed by atoms with E-state index in [-0.39, 0.29) is 17.6 Å². The van der Waals surface area contributed by atoms with Crippen molar-refractivity contribution < 1.29 is 9.84 Å². The van der Waals surface area contributed by atoms with E-state index in [0.29, 0.717) is 11.3 Å². The van der Waals surface area contributed by atoms with E-state index in [1.54, 1.807) is 24.3 Å². The Hall–Kier alpha value is -2.09. The number of nitriles is 1. The van der Waals surface area contributed by atoms with Crippen LogP contribution in [-0.4, -0.2) is 10.1 Å². The first-order valence-corrected chi connectivity index (χ1v) is 5.54. The van der Waals surface area contributed by atoms with Crippen LogP contribution in [-0.2, 0) is 6.61 Å².